The molecule has 3 rings (SSSR count). The number of hydrogen-bond donors (Lipinski definition) is 0. The minimum Gasteiger partial charge on any atom is -0.298 e. The van der Waals surface area contributed by atoms with Crippen molar-refractivity contribution in [3.63, 3.8) is 0 Å². The number of hydrogen-bond acceptors (Lipinski definition) is 2. The highest BCUT2D eigenvalue weighted by Crippen LogP contribution is 2.23. The maximum atomic E-state index is 11.0. The topological polar surface area (TPSA) is 20.3 Å². The normalized spacial score (nSPS) is 41.6. The van der Waals surface area contributed by atoms with Gasteiger partial charge in [0.1, 0.15) is 5.78 Å². The van der Waals surface area contributed by atoms with Crippen molar-refractivity contribution in [3.05, 3.63) is 0 Å². The Morgan fingerprint density at radius 3 is 2.33 bits per heavy atom. The van der Waals surface area contributed by atoms with Crippen LogP contribution >= 0.6 is 0 Å². The molecule has 0 unspecified atom stereocenters. The molecule has 3 aliphatic rings. The molecule has 0 aromatic heterocycles. The Hall–Kier alpha value is -0.370. The van der Waals surface area contributed by atoms with Crippen molar-refractivity contribution >= 4 is 5.78 Å². The second-order valence-electron chi connectivity index (χ2n) is 3.02. The van der Waals surface area contributed by atoms with Crippen LogP contribution in [0.1, 0.15) is 14.3 Å². The third kappa shape index (κ3) is 0.778. The zero-order valence-electron chi connectivity index (χ0n) is 6.47. The summed E-state index contributed by atoms with van der Waals surface area (Å²) < 4.78 is 0. The van der Waals surface area contributed by atoms with Crippen LogP contribution in [0.2, 0.25) is 0 Å². The Kier molecular flexibility index (Phi) is 1.09. The molecular weight excluding hydrogens is 114 g/mol. The van der Waals surface area contributed by atoms with Gasteiger partial charge in [0.15, 0.2) is 0 Å². The van der Waals surface area contributed by atoms with Gasteiger partial charge in [-0.3, -0.25) is 9.69 Å². The number of Topliss-reactive ketones (excluding diaryl/α,β-unsaturated/α-hetero) is 1. The van der Waals surface area contributed by atoms with Crippen LogP contribution in [-0.2, 0) is 4.79 Å². The van der Waals surface area contributed by atoms with E-state index in [0.717, 1.165) is 32.5 Å². The molecule has 9 heavy (non-hydrogen) atoms. The summed E-state index contributed by atoms with van der Waals surface area (Å²) in [6.07, 6.45) is 2.25. The fourth-order valence-electron chi connectivity index (χ4n) is 1.76. The van der Waals surface area contributed by atoms with Gasteiger partial charge in [0.25, 0.3) is 0 Å². The van der Waals surface area contributed by atoms with Gasteiger partial charge in [-0.2, -0.15) is 0 Å². The van der Waals surface area contributed by atoms with Crippen LogP contribution in [0.5, 0.6) is 0 Å². The molecule has 0 saturated carbocycles. The first-order valence-electron chi connectivity index (χ1n) is 3.61. The first-order chi connectivity index (χ1) is 4.36. The molecule has 3 saturated heterocycles. The van der Waals surface area contributed by atoms with Crippen LogP contribution in [0.25, 0.3) is 0 Å². The third-order valence-corrected chi connectivity index (χ3v) is 2.42. The Bertz CT molecular complexity index is 141. The lowest BCUT2D eigenvalue weighted by molar-refractivity contribution is -0.130. The highest BCUT2D eigenvalue weighted by atomic mass is 16.1. The predicted octanol–water partition coefficient (Wildman–Crippen LogP) is 0.394. The lowest BCUT2D eigenvalue weighted by Gasteiger charge is -2.37. The molecule has 0 aromatic rings. The number of carbonyl (C=O) groups is 1. The van der Waals surface area contributed by atoms with Crippen LogP contribution < -0.4 is 0 Å². The first kappa shape index (κ1) is 5.42. The minimum absolute atomic E-state index is 0. The minimum atomic E-state index is 0. The summed E-state index contributed by atoms with van der Waals surface area (Å²) in [5.74, 6) is 0.919. The van der Waals surface area contributed by atoms with Gasteiger partial charge in [0, 0.05) is 5.92 Å². The van der Waals surface area contributed by atoms with Crippen molar-refractivity contribution in [1.29, 1.82) is 0 Å². The second-order valence-corrected chi connectivity index (χ2v) is 3.02. The van der Waals surface area contributed by atoms with Gasteiger partial charge < -0.3 is 0 Å². The average Bonchev–Trinajstić information content (AvgIpc) is 1.90. The van der Waals surface area contributed by atoms with Crippen molar-refractivity contribution in [2.24, 2.45) is 5.92 Å². The Labute approximate surface area is 56.3 Å². The fourth-order valence-corrected chi connectivity index (χ4v) is 1.76. The van der Waals surface area contributed by atoms with Crippen molar-refractivity contribution in [2.45, 2.75) is 12.8 Å². The summed E-state index contributed by atoms with van der Waals surface area (Å²) in [5.41, 5.74) is 0. The van der Waals surface area contributed by atoms with E-state index in [1.807, 2.05) is 0 Å². The molecule has 3 aliphatic heterocycles. The molecule has 50 valence electrons. The summed E-state index contributed by atoms with van der Waals surface area (Å²) in [6, 6.07) is 0. The maximum Gasteiger partial charge on any atom is 1.00 e. The lowest BCUT2D eigenvalue weighted by atomic mass is 9.87. The Morgan fingerprint density at radius 2 is 2.11 bits per heavy atom. The molecule has 2 bridgehead atoms. The summed E-state index contributed by atoms with van der Waals surface area (Å²) in [4.78, 5) is 13.3. The van der Waals surface area contributed by atoms with E-state index in [-0.39, 0.29) is 1.43 Å². The van der Waals surface area contributed by atoms with E-state index in [0.29, 0.717) is 11.7 Å². The van der Waals surface area contributed by atoms with Crippen molar-refractivity contribution in [2.75, 3.05) is 19.6 Å². The molecule has 0 atom stereocenters. The van der Waals surface area contributed by atoms with Crippen LogP contribution in [0.15, 0.2) is 0 Å². The average molecular weight is 126 g/mol. The Balaban J connectivity index is 0.000000500. The van der Waals surface area contributed by atoms with E-state index in [2.05, 4.69) is 4.90 Å². The van der Waals surface area contributed by atoms with Gasteiger partial charge in [-0.25, -0.2) is 0 Å². The van der Waals surface area contributed by atoms with Crippen LogP contribution in [0.4, 0.5) is 0 Å². The van der Waals surface area contributed by atoms with E-state index in [1.165, 1.54) is 0 Å². The SMILES string of the molecule is O=C1CN2CCC1CC2.[H+]. The number of nitrogens with zero attached hydrogens (tertiary/aromatic N) is 1. The zero-order valence-corrected chi connectivity index (χ0v) is 5.47. The van der Waals surface area contributed by atoms with E-state index in [4.69, 9.17) is 0 Å². The second kappa shape index (κ2) is 1.81. The monoisotopic (exact) mass is 126 g/mol. The highest BCUT2D eigenvalue weighted by Gasteiger charge is 2.31. The third-order valence-electron chi connectivity index (χ3n) is 2.42. The molecule has 0 N–H and O–H groups in total. The molecule has 0 aromatic carbocycles. The van der Waals surface area contributed by atoms with E-state index in [1.54, 1.807) is 0 Å². The largest absolute Gasteiger partial charge is 1.00 e. The van der Waals surface area contributed by atoms with Crippen molar-refractivity contribution in [3.8, 4) is 0 Å². The fraction of sp³-hybridized carbons (Fsp3) is 0.857. The van der Waals surface area contributed by atoms with Gasteiger partial charge in [-0.1, -0.05) is 0 Å². The molecule has 0 amide bonds. The quantitative estimate of drug-likeness (QED) is 0.468. The van der Waals surface area contributed by atoms with E-state index >= 15 is 0 Å². The summed E-state index contributed by atoms with van der Waals surface area (Å²) in [7, 11) is 0. The predicted molar refractivity (Wildman–Crippen MR) is 35.3 cm³/mol. The smallest absolute Gasteiger partial charge is 0.298 e. The molecule has 0 spiro atoms. The van der Waals surface area contributed by atoms with Gasteiger partial charge in [0.2, 0.25) is 0 Å². The van der Waals surface area contributed by atoms with Gasteiger partial charge in [-0.15, -0.1) is 0 Å². The molecule has 0 radical (unpaired) electrons. The number of fused-ring (bicyclic) bond motifs is 3. The number of ketones is 1. The standard InChI is InChI=1S/C7H11NO/c9-7-5-8-3-1-6(7)2-4-8/h6H,1-5H2/p+1. The van der Waals surface area contributed by atoms with E-state index < -0.39 is 0 Å². The van der Waals surface area contributed by atoms with Gasteiger partial charge >= 0.3 is 1.43 Å². The lowest BCUT2D eigenvalue weighted by Crippen LogP contribution is -2.47. The Morgan fingerprint density at radius 1 is 1.44 bits per heavy atom. The first-order valence-corrected chi connectivity index (χ1v) is 3.61. The molecule has 0 aliphatic carbocycles. The number of piperidine rings is 3. The molecular formula is C7H12NO+. The van der Waals surface area contributed by atoms with Gasteiger partial charge in [-0.05, 0) is 25.9 Å². The van der Waals surface area contributed by atoms with E-state index in [9.17, 15) is 4.79 Å². The maximum absolute atomic E-state index is 11.0. The number of rotatable bonds is 0. The van der Waals surface area contributed by atoms with Crippen LogP contribution in [-0.4, -0.2) is 30.3 Å². The molecule has 3 fully saturated rings. The van der Waals surface area contributed by atoms with Crippen LogP contribution in [0.3, 0.4) is 0 Å². The van der Waals surface area contributed by atoms with Crippen molar-refractivity contribution in [1.82, 2.24) is 4.90 Å². The van der Waals surface area contributed by atoms with Crippen molar-refractivity contribution < 1.29 is 6.22 Å². The van der Waals surface area contributed by atoms with Crippen LogP contribution in [0, 0.1) is 5.92 Å². The molecule has 2 heteroatoms. The highest BCUT2D eigenvalue weighted by molar-refractivity contribution is 5.84. The molecule has 2 nitrogen and oxygen atoms in total. The summed E-state index contributed by atoms with van der Waals surface area (Å²) >= 11 is 0. The molecule has 3 heterocycles. The van der Waals surface area contributed by atoms with Gasteiger partial charge in [0.05, 0.1) is 6.54 Å². The zero-order chi connectivity index (χ0) is 6.27. The summed E-state index contributed by atoms with van der Waals surface area (Å²) in [5, 5.41) is 0. The number of carbonyl (C=O) groups excluding carboxylic acids is 1. The summed E-state index contributed by atoms with van der Waals surface area (Å²) in [6.45, 7) is 3.07.